The lowest BCUT2D eigenvalue weighted by atomic mass is 10.0. The van der Waals surface area contributed by atoms with Gasteiger partial charge in [0.05, 0.1) is 25.4 Å². The molecule has 0 aromatic heterocycles. The van der Waals surface area contributed by atoms with E-state index >= 15 is 0 Å². The fourth-order valence-corrected chi connectivity index (χ4v) is 11.9. The minimum Gasteiger partial charge on any atom is -0.466 e. The number of aliphatic hydroxyl groups excluding tert-OH is 2. The smallest absolute Gasteiger partial charge is 0.305 e. The maximum Gasteiger partial charge on any atom is 0.305 e. The van der Waals surface area contributed by atoms with Crippen molar-refractivity contribution in [1.82, 2.24) is 5.32 Å². The van der Waals surface area contributed by atoms with E-state index in [2.05, 4.69) is 19.2 Å². The summed E-state index contributed by atoms with van der Waals surface area (Å²) in [6.45, 7) is 5.00. The summed E-state index contributed by atoms with van der Waals surface area (Å²) in [5.41, 5.74) is 0. The Labute approximate surface area is 489 Å². The van der Waals surface area contributed by atoms with Crippen LogP contribution in [-0.4, -0.2) is 47.4 Å². The van der Waals surface area contributed by atoms with Crippen LogP contribution in [0.5, 0.6) is 0 Å². The third-order valence-corrected chi connectivity index (χ3v) is 17.4. The number of amides is 1. The molecule has 0 aliphatic heterocycles. The van der Waals surface area contributed by atoms with Gasteiger partial charge in [-0.1, -0.05) is 386 Å². The Morgan fingerprint density at radius 1 is 0.308 bits per heavy atom. The summed E-state index contributed by atoms with van der Waals surface area (Å²) in [5.74, 6) is -0.00189. The zero-order valence-corrected chi connectivity index (χ0v) is 53.4. The van der Waals surface area contributed by atoms with Crippen molar-refractivity contribution in [2.45, 2.75) is 437 Å². The molecule has 78 heavy (non-hydrogen) atoms. The number of hydrogen-bond donors (Lipinski definition) is 3. The highest BCUT2D eigenvalue weighted by Crippen LogP contribution is 2.20. The van der Waals surface area contributed by atoms with Gasteiger partial charge in [0.25, 0.3) is 0 Å². The Morgan fingerprint density at radius 2 is 0.526 bits per heavy atom. The van der Waals surface area contributed by atoms with Gasteiger partial charge < -0.3 is 20.3 Å². The van der Waals surface area contributed by atoms with Gasteiger partial charge in [0.2, 0.25) is 5.91 Å². The molecular weight excluding hydrogens is 959 g/mol. The number of esters is 1. The van der Waals surface area contributed by atoms with E-state index in [0.717, 1.165) is 38.5 Å². The molecule has 0 rings (SSSR count). The van der Waals surface area contributed by atoms with Crippen LogP contribution in [-0.2, 0) is 14.3 Å². The zero-order chi connectivity index (χ0) is 56.4. The van der Waals surface area contributed by atoms with E-state index in [1.54, 1.807) is 0 Å². The molecule has 0 heterocycles. The first-order chi connectivity index (χ1) is 38.5. The van der Waals surface area contributed by atoms with Crippen molar-refractivity contribution in [3.8, 4) is 0 Å². The minimum absolute atomic E-state index is 0.0259. The van der Waals surface area contributed by atoms with E-state index in [1.165, 1.54) is 353 Å². The van der Waals surface area contributed by atoms with Crippen LogP contribution >= 0.6 is 0 Å². The molecule has 6 heteroatoms. The highest BCUT2D eigenvalue weighted by atomic mass is 16.5. The van der Waals surface area contributed by atoms with Crippen LogP contribution in [0.1, 0.15) is 425 Å². The Morgan fingerprint density at radius 3 is 0.782 bits per heavy atom. The van der Waals surface area contributed by atoms with E-state index in [0.29, 0.717) is 25.9 Å². The molecule has 0 aromatic rings. The van der Waals surface area contributed by atoms with Gasteiger partial charge in [-0.05, 0) is 25.7 Å². The van der Waals surface area contributed by atoms with E-state index in [4.69, 9.17) is 4.74 Å². The van der Waals surface area contributed by atoms with Crippen molar-refractivity contribution in [3.63, 3.8) is 0 Å². The number of ether oxygens (including phenoxy) is 1. The first-order valence-corrected chi connectivity index (χ1v) is 36.3. The molecule has 0 saturated heterocycles. The highest BCUT2D eigenvalue weighted by Gasteiger charge is 2.20. The summed E-state index contributed by atoms with van der Waals surface area (Å²) in [5, 5.41) is 23.3. The van der Waals surface area contributed by atoms with Crippen LogP contribution in [0.15, 0.2) is 0 Å². The van der Waals surface area contributed by atoms with Crippen molar-refractivity contribution in [2.24, 2.45) is 0 Å². The standard InChI is InChI=1S/C72H143NO5/c1-3-5-7-9-11-13-15-17-18-34-38-42-46-50-54-58-62-66-72(77)78-67-63-59-55-51-47-43-39-36-33-31-29-27-25-23-21-19-20-22-24-26-28-30-32-35-37-41-45-49-53-57-61-65-71(76)73-69(68-74)70(75)64-60-56-52-48-44-40-16-14-12-10-8-6-4-2/h69-70,74-75H,3-68H2,1-2H3,(H,73,76). The molecule has 0 aromatic carbocycles. The largest absolute Gasteiger partial charge is 0.466 e. The van der Waals surface area contributed by atoms with Crippen molar-refractivity contribution >= 4 is 11.9 Å². The SMILES string of the molecule is CCCCCCCCCCCCCCCCCCCC(=O)OCCCCCCCCCCCCCCCCCCCCCCCCCCCCCCCCCC(=O)NC(CO)C(O)CCCCCCCCCCCCCCC. The molecule has 2 unspecified atom stereocenters. The number of carbonyl (C=O) groups excluding carboxylic acids is 2. The van der Waals surface area contributed by atoms with Crippen LogP contribution in [0.3, 0.4) is 0 Å². The number of rotatable bonds is 69. The second kappa shape index (κ2) is 68.4. The van der Waals surface area contributed by atoms with Crippen molar-refractivity contribution in [2.75, 3.05) is 13.2 Å². The molecule has 3 N–H and O–H groups in total. The van der Waals surface area contributed by atoms with Crippen LogP contribution in [0.4, 0.5) is 0 Å². The monoisotopic (exact) mass is 1100 g/mol. The molecular formula is C72H143NO5. The molecule has 0 saturated carbocycles. The number of unbranched alkanes of at least 4 members (excludes halogenated alkanes) is 58. The molecule has 0 bridgehead atoms. The predicted octanol–water partition coefficient (Wildman–Crippen LogP) is 23.4. The van der Waals surface area contributed by atoms with Gasteiger partial charge in [0, 0.05) is 12.8 Å². The minimum atomic E-state index is -0.659. The second-order valence-electron chi connectivity index (χ2n) is 25.3. The Hall–Kier alpha value is -1.14. The maximum atomic E-state index is 12.5. The average Bonchev–Trinajstić information content (AvgIpc) is 3.44. The van der Waals surface area contributed by atoms with Gasteiger partial charge in [0.15, 0.2) is 0 Å². The first-order valence-electron chi connectivity index (χ1n) is 36.3. The summed E-state index contributed by atoms with van der Waals surface area (Å²) in [6, 6.07) is -0.536. The first kappa shape index (κ1) is 76.9. The number of nitrogens with one attached hydrogen (secondary N) is 1. The van der Waals surface area contributed by atoms with E-state index < -0.39 is 12.1 Å². The van der Waals surface area contributed by atoms with Gasteiger partial charge in [-0.25, -0.2) is 0 Å². The van der Waals surface area contributed by atoms with Crippen molar-refractivity contribution in [3.05, 3.63) is 0 Å². The maximum absolute atomic E-state index is 12.5. The van der Waals surface area contributed by atoms with E-state index in [1.807, 2.05) is 0 Å². The van der Waals surface area contributed by atoms with E-state index in [9.17, 15) is 19.8 Å². The van der Waals surface area contributed by atoms with Crippen molar-refractivity contribution in [1.29, 1.82) is 0 Å². The molecule has 0 spiro atoms. The number of aliphatic hydroxyl groups is 2. The van der Waals surface area contributed by atoms with Gasteiger partial charge in [0.1, 0.15) is 0 Å². The summed E-state index contributed by atoms with van der Waals surface area (Å²) < 4.78 is 5.51. The van der Waals surface area contributed by atoms with E-state index in [-0.39, 0.29) is 18.5 Å². The Bertz CT molecular complexity index is 1130. The summed E-state index contributed by atoms with van der Waals surface area (Å²) in [4.78, 5) is 24.6. The third-order valence-electron chi connectivity index (χ3n) is 17.4. The summed E-state index contributed by atoms with van der Waals surface area (Å²) >= 11 is 0. The predicted molar refractivity (Wildman–Crippen MR) is 343 cm³/mol. The molecule has 0 fully saturated rings. The molecule has 0 aliphatic carbocycles. The normalized spacial score (nSPS) is 12.4. The molecule has 2 atom stereocenters. The lowest BCUT2D eigenvalue weighted by Gasteiger charge is -2.22. The third kappa shape index (κ3) is 64.0. The molecule has 0 aliphatic rings. The van der Waals surface area contributed by atoms with Crippen LogP contribution < -0.4 is 5.32 Å². The number of hydrogen-bond acceptors (Lipinski definition) is 5. The lowest BCUT2D eigenvalue weighted by molar-refractivity contribution is -0.143. The highest BCUT2D eigenvalue weighted by molar-refractivity contribution is 5.76. The molecule has 466 valence electrons. The fourth-order valence-electron chi connectivity index (χ4n) is 11.9. The molecule has 6 nitrogen and oxygen atoms in total. The van der Waals surface area contributed by atoms with Crippen LogP contribution in [0.2, 0.25) is 0 Å². The molecule has 0 radical (unpaired) electrons. The van der Waals surface area contributed by atoms with Gasteiger partial charge >= 0.3 is 5.97 Å². The van der Waals surface area contributed by atoms with Crippen LogP contribution in [0.25, 0.3) is 0 Å². The lowest BCUT2D eigenvalue weighted by Crippen LogP contribution is -2.45. The Balaban J connectivity index is 3.29. The molecule has 1 amide bonds. The summed E-state index contributed by atoms with van der Waals surface area (Å²) in [6.07, 6.45) is 83.1. The second-order valence-corrected chi connectivity index (χ2v) is 25.3. The van der Waals surface area contributed by atoms with Crippen molar-refractivity contribution < 1.29 is 24.5 Å². The number of carbonyl (C=O) groups is 2. The fraction of sp³-hybridized carbons (Fsp3) is 0.972. The summed E-state index contributed by atoms with van der Waals surface area (Å²) in [7, 11) is 0. The quantitative estimate of drug-likeness (QED) is 0.0417. The van der Waals surface area contributed by atoms with Gasteiger partial charge in [-0.3, -0.25) is 9.59 Å². The van der Waals surface area contributed by atoms with Gasteiger partial charge in [-0.15, -0.1) is 0 Å². The topological polar surface area (TPSA) is 95.9 Å². The van der Waals surface area contributed by atoms with Gasteiger partial charge in [-0.2, -0.15) is 0 Å². The Kier molecular flexibility index (Phi) is 67.4. The average molecular weight is 1100 g/mol. The zero-order valence-electron chi connectivity index (χ0n) is 53.4. The van der Waals surface area contributed by atoms with Crippen LogP contribution in [0, 0.1) is 0 Å².